The van der Waals surface area contributed by atoms with Crippen molar-refractivity contribution in [1.82, 2.24) is 10.6 Å². The molecule has 3 rings (SSSR count). The molecule has 1 aliphatic carbocycles. The first-order chi connectivity index (χ1) is 10.2. The van der Waals surface area contributed by atoms with Crippen LogP contribution in [0.3, 0.4) is 0 Å². The quantitative estimate of drug-likeness (QED) is 0.865. The van der Waals surface area contributed by atoms with E-state index >= 15 is 0 Å². The van der Waals surface area contributed by atoms with Gasteiger partial charge in [0.05, 0.1) is 0 Å². The maximum absolute atomic E-state index is 6.08. The van der Waals surface area contributed by atoms with Crippen molar-refractivity contribution in [3.05, 3.63) is 34.9 Å². The predicted octanol–water partition coefficient (Wildman–Crippen LogP) is 3.78. The topological polar surface area (TPSA) is 24.1 Å². The van der Waals surface area contributed by atoms with Crippen molar-refractivity contribution in [2.24, 2.45) is 5.92 Å². The van der Waals surface area contributed by atoms with Crippen LogP contribution < -0.4 is 10.6 Å². The molecule has 4 unspecified atom stereocenters. The van der Waals surface area contributed by atoms with Gasteiger partial charge in [-0.25, -0.2) is 0 Å². The summed E-state index contributed by atoms with van der Waals surface area (Å²) in [5.41, 5.74) is 1.33. The average Bonchev–Trinajstić information content (AvgIpc) is 3.08. The molecular formula is C18H27ClN2. The van der Waals surface area contributed by atoms with Crippen molar-refractivity contribution in [3.63, 3.8) is 0 Å². The standard InChI is InChI=1S/C18H27ClN2/c1-13(11-14-5-2-6-15(19)12-14)21-18-8-3-7-16(18)17-9-4-10-20-17/h2,5-6,12-13,16-18,20-21H,3-4,7-11H2,1H3. The van der Waals surface area contributed by atoms with E-state index in [2.05, 4.69) is 29.7 Å². The molecule has 0 spiro atoms. The zero-order chi connectivity index (χ0) is 14.7. The van der Waals surface area contributed by atoms with Crippen molar-refractivity contribution in [2.45, 2.75) is 63.6 Å². The molecule has 2 nitrogen and oxygen atoms in total. The van der Waals surface area contributed by atoms with Gasteiger partial charge in [-0.3, -0.25) is 0 Å². The Morgan fingerprint density at radius 3 is 2.95 bits per heavy atom. The summed E-state index contributed by atoms with van der Waals surface area (Å²) in [7, 11) is 0. The van der Waals surface area contributed by atoms with Gasteiger partial charge in [-0.05, 0) is 69.2 Å². The second-order valence-electron chi connectivity index (χ2n) is 6.81. The summed E-state index contributed by atoms with van der Waals surface area (Å²) in [6.07, 6.45) is 7.88. The van der Waals surface area contributed by atoms with Crippen molar-refractivity contribution in [1.29, 1.82) is 0 Å². The third kappa shape index (κ3) is 4.00. The molecule has 0 radical (unpaired) electrons. The van der Waals surface area contributed by atoms with Gasteiger partial charge in [0.15, 0.2) is 0 Å². The minimum atomic E-state index is 0.510. The smallest absolute Gasteiger partial charge is 0.0408 e. The van der Waals surface area contributed by atoms with Crippen LogP contribution in [-0.2, 0) is 6.42 Å². The molecule has 0 amide bonds. The molecule has 1 aromatic carbocycles. The molecule has 0 aromatic heterocycles. The summed E-state index contributed by atoms with van der Waals surface area (Å²) in [5, 5.41) is 8.43. The Labute approximate surface area is 133 Å². The van der Waals surface area contributed by atoms with Gasteiger partial charge in [0.2, 0.25) is 0 Å². The van der Waals surface area contributed by atoms with E-state index in [1.54, 1.807) is 0 Å². The minimum absolute atomic E-state index is 0.510. The molecule has 1 aromatic rings. The number of hydrogen-bond donors (Lipinski definition) is 2. The summed E-state index contributed by atoms with van der Waals surface area (Å²) >= 11 is 6.08. The van der Waals surface area contributed by atoms with Crippen LogP contribution in [0.2, 0.25) is 5.02 Å². The lowest BCUT2D eigenvalue weighted by Crippen LogP contribution is -2.45. The molecule has 2 aliphatic rings. The number of halogens is 1. The van der Waals surface area contributed by atoms with Crippen LogP contribution in [0.5, 0.6) is 0 Å². The van der Waals surface area contributed by atoms with Gasteiger partial charge in [0, 0.05) is 23.1 Å². The van der Waals surface area contributed by atoms with Crippen LogP contribution in [0, 0.1) is 5.92 Å². The van der Waals surface area contributed by atoms with Crippen LogP contribution >= 0.6 is 11.6 Å². The van der Waals surface area contributed by atoms with Gasteiger partial charge in [-0.1, -0.05) is 30.2 Å². The molecule has 2 N–H and O–H groups in total. The Bertz CT molecular complexity index is 456. The highest BCUT2D eigenvalue weighted by molar-refractivity contribution is 6.30. The molecule has 116 valence electrons. The highest BCUT2D eigenvalue weighted by Crippen LogP contribution is 2.32. The molecule has 0 bridgehead atoms. The van der Waals surface area contributed by atoms with E-state index < -0.39 is 0 Å². The van der Waals surface area contributed by atoms with Gasteiger partial charge in [-0.15, -0.1) is 0 Å². The highest BCUT2D eigenvalue weighted by atomic mass is 35.5. The maximum atomic E-state index is 6.08. The molecule has 1 saturated heterocycles. The monoisotopic (exact) mass is 306 g/mol. The van der Waals surface area contributed by atoms with E-state index in [-0.39, 0.29) is 0 Å². The third-order valence-electron chi connectivity index (χ3n) is 5.11. The zero-order valence-electron chi connectivity index (χ0n) is 12.9. The van der Waals surface area contributed by atoms with Crippen LogP contribution in [0.25, 0.3) is 0 Å². The number of nitrogens with one attached hydrogen (secondary N) is 2. The van der Waals surface area contributed by atoms with Gasteiger partial charge >= 0.3 is 0 Å². The fraction of sp³-hybridized carbons (Fsp3) is 0.667. The molecule has 4 atom stereocenters. The Morgan fingerprint density at radius 2 is 2.19 bits per heavy atom. The molecular weight excluding hydrogens is 280 g/mol. The van der Waals surface area contributed by atoms with Crippen LogP contribution in [-0.4, -0.2) is 24.7 Å². The Balaban J connectivity index is 1.55. The molecule has 2 fully saturated rings. The van der Waals surface area contributed by atoms with Gasteiger partial charge in [0.1, 0.15) is 0 Å². The van der Waals surface area contributed by atoms with Gasteiger partial charge in [0.25, 0.3) is 0 Å². The second kappa shape index (κ2) is 7.13. The SMILES string of the molecule is CC(Cc1cccc(Cl)c1)NC1CCCC1C1CCCN1. The fourth-order valence-corrected chi connectivity index (χ4v) is 4.41. The predicted molar refractivity (Wildman–Crippen MR) is 89.9 cm³/mol. The minimum Gasteiger partial charge on any atom is -0.314 e. The van der Waals surface area contributed by atoms with E-state index in [9.17, 15) is 0 Å². The van der Waals surface area contributed by atoms with E-state index in [1.165, 1.54) is 44.2 Å². The van der Waals surface area contributed by atoms with E-state index in [0.29, 0.717) is 12.1 Å². The van der Waals surface area contributed by atoms with Crippen LogP contribution in [0.4, 0.5) is 0 Å². The second-order valence-corrected chi connectivity index (χ2v) is 7.24. The largest absolute Gasteiger partial charge is 0.314 e. The molecule has 1 heterocycles. The van der Waals surface area contributed by atoms with E-state index in [1.807, 2.05) is 12.1 Å². The highest BCUT2D eigenvalue weighted by Gasteiger charge is 2.35. The Kier molecular flexibility index (Phi) is 5.20. The first-order valence-electron chi connectivity index (χ1n) is 8.46. The van der Waals surface area contributed by atoms with Crippen molar-refractivity contribution >= 4 is 11.6 Å². The number of rotatable bonds is 5. The lowest BCUT2D eigenvalue weighted by molar-refractivity contribution is 0.301. The molecule has 3 heteroatoms. The summed E-state index contributed by atoms with van der Waals surface area (Å²) in [5.74, 6) is 0.828. The lowest BCUT2D eigenvalue weighted by atomic mass is 9.92. The Hall–Kier alpha value is -0.570. The average molecular weight is 307 g/mol. The summed E-state index contributed by atoms with van der Waals surface area (Å²) < 4.78 is 0. The van der Waals surface area contributed by atoms with Gasteiger partial charge < -0.3 is 10.6 Å². The summed E-state index contributed by atoms with van der Waals surface area (Å²) in [6, 6.07) is 10.2. The normalized spacial score (nSPS) is 30.7. The van der Waals surface area contributed by atoms with E-state index in [0.717, 1.165) is 23.4 Å². The molecule has 21 heavy (non-hydrogen) atoms. The third-order valence-corrected chi connectivity index (χ3v) is 5.35. The van der Waals surface area contributed by atoms with Crippen LogP contribution in [0.15, 0.2) is 24.3 Å². The Morgan fingerprint density at radius 1 is 1.29 bits per heavy atom. The zero-order valence-corrected chi connectivity index (χ0v) is 13.7. The van der Waals surface area contributed by atoms with Crippen molar-refractivity contribution in [3.8, 4) is 0 Å². The van der Waals surface area contributed by atoms with Crippen molar-refractivity contribution in [2.75, 3.05) is 6.54 Å². The summed E-state index contributed by atoms with van der Waals surface area (Å²) in [6.45, 7) is 3.52. The van der Waals surface area contributed by atoms with Crippen LogP contribution in [0.1, 0.15) is 44.6 Å². The number of benzene rings is 1. The molecule has 1 aliphatic heterocycles. The number of hydrogen-bond acceptors (Lipinski definition) is 2. The molecule has 1 saturated carbocycles. The summed E-state index contributed by atoms with van der Waals surface area (Å²) in [4.78, 5) is 0. The maximum Gasteiger partial charge on any atom is 0.0408 e. The fourth-order valence-electron chi connectivity index (χ4n) is 4.20. The van der Waals surface area contributed by atoms with Gasteiger partial charge in [-0.2, -0.15) is 0 Å². The first kappa shape index (κ1) is 15.3. The van der Waals surface area contributed by atoms with Crippen molar-refractivity contribution < 1.29 is 0 Å². The first-order valence-corrected chi connectivity index (χ1v) is 8.84. The lowest BCUT2D eigenvalue weighted by Gasteiger charge is -2.29. The van der Waals surface area contributed by atoms with E-state index in [4.69, 9.17) is 11.6 Å².